The van der Waals surface area contributed by atoms with E-state index in [1.54, 1.807) is 12.1 Å². The van der Waals surface area contributed by atoms with Crippen molar-refractivity contribution in [1.29, 1.82) is 0 Å². The molecule has 0 spiro atoms. The molecule has 0 aliphatic carbocycles. The van der Waals surface area contributed by atoms with Crippen LogP contribution in [0, 0.1) is 0 Å². The number of carbonyl (C=O) groups excluding carboxylic acids is 1. The Balaban J connectivity index is 1.64. The number of aromatic nitrogens is 2. The average molecular weight is 358 g/mol. The van der Waals surface area contributed by atoms with Crippen molar-refractivity contribution in [3.05, 3.63) is 38.8 Å². The SMILES string of the molecule is O=C(Nc1nnc(Cc2ccc(Cl)cc2Cl)s1)[C@H]1CCCO1. The van der Waals surface area contributed by atoms with Crippen molar-refractivity contribution in [3.63, 3.8) is 0 Å². The summed E-state index contributed by atoms with van der Waals surface area (Å²) in [5, 5.41) is 13.2. The largest absolute Gasteiger partial charge is 0.368 e. The fourth-order valence-corrected chi connectivity index (χ4v) is 3.41. The van der Waals surface area contributed by atoms with Gasteiger partial charge >= 0.3 is 0 Å². The zero-order valence-corrected chi connectivity index (χ0v) is 13.8. The molecule has 1 saturated heterocycles. The standard InChI is InChI=1S/C14H13Cl2N3O2S/c15-9-4-3-8(10(16)7-9)6-12-18-19-14(22-12)17-13(20)11-2-1-5-21-11/h3-4,7,11H,1-2,5-6H2,(H,17,19,20)/t11-/m1/s1. The van der Waals surface area contributed by atoms with E-state index in [0.29, 0.717) is 28.2 Å². The van der Waals surface area contributed by atoms with Crippen molar-refractivity contribution in [2.45, 2.75) is 25.4 Å². The number of halogens is 2. The molecule has 1 atom stereocenters. The summed E-state index contributed by atoms with van der Waals surface area (Å²) in [6.45, 7) is 0.633. The maximum atomic E-state index is 11.9. The molecule has 3 rings (SSSR count). The Morgan fingerprint density at radius 1 is 1.41 bits per heavy atom. The Hall–Kier alpha value is -1.21. The monoisotopic (exact) mass is 357 g/mol. The molecule has 1 N–H and O–H groups in total. The lowest BCUT2D eigenvalue weighted by Gasteiger charge is -2.07. The molecule has 0 bridgehead atoms. The zero-order chi connectivity index (χ0) is 15.5. The van der Waals surface area contributed by atoms with Crippen molar-refractivity contribution >= 4 is 45.6 Å². The number of rotatable bonds is 4. The number of nitrogens with zero attached hydrogens (tertiary/aromatic N) is 2. The van der Waals surface area contributed by atoms with Gasteiger partial charge in [-0.1, -0.05) is 40.6 Å². The van der Waals surface area contributed by atoms with E-state index in [9.17, 15) is 4.79 Å². The number of carbonyl (C=O) groups is 1. The van der Waals surface area contributed by atoms with Crippen LogP contribution in [0.5, 0.6) is 0 Å². The highest BCUT2D eigenvalue weighted by atomic mass is 35.5. The smallest absolute Gasteiger partial charge is 0.255 e. The predicted octanol–water partition coefficient (Wildman–Crippen LogP) is 3.55. The summed E-state index contributed by atoms with van der Waals surface area (Å²) >= 11 is 13.3. The third-order valence-corrected chi connectivity index (χ3v) is 4.70. The van der Waals surface area contributed by atoms with Gasteiger partial charge in [0.25, 0.3) is 5.91 Å². The highest BCUT2D eigenvalue weighted by Gasteiger charge is 2.24. The minimum Gasteiger partial charge on any atom is -0.368 e. The lowest BCUT2D eigenvalue weighted by atomic mass is 10.2. The number of anilines is 1. The number of hydrogen-bond acceptors (Lipinski definition) is 5. The van der Waals surface area contributed by atoms with E-state index in [1.807, 2.05) is 6.07 Å². The van der Waals surface area contributed by atoms with Gasteiger partial charge < -0.3 is 4.74 Å². The number of benzene rings is 1. The molecule has 0 radical (unpaired) electrons. The molecular formula is C14H13Cl2N3O2S. The van der Waals surface area contributed by atoms with Gasteiger partial charge in [0.1, 0.15) is 11.1 Å². The van der Waals surface area contributed by atoms with Gasteiger partial charge in [-0.25, -0.2) is 0 Å². The molecule has 22 heavy (non-hydrogen) atoms. The van der Waals surface area contributed by atoms with Crippen molar-refractivity contribution in [3.8, 4) is 0 Å². The third-order valence-electron chi connectivity index (χ3n) is 3.28. The van der Waals surface area contributed by atoms with Gasteiger partial charge in [-0.2, -0.15) is 0 Å². The second-order valence-corrected chi connectivity index (χ2v) is 6.81. The second kappa shape index (κ2) is 6.91. The van der Waals surface area contributed by atoms with Crippen LogP contribution >= 0.6 is 34.5 Å². The van der Waals surface area contributed by atoms with Gasteiger partial charge in [0.05, 0.1) is 0 Å². The van der Waals surface area contributed by atoms with Crippen molar-refractivity contribution in [2.75, 3.05) is 11.9 Å². The van der Waals surface area contributed by atoms with Crippen LogP contribution in [0.4, 0.5) is 5.13 Å². The summed E-state index contributed by atoms with van der Waals surface area (Å²) in [5.41, 5.74) is 0.916. The maximum Gasteiger partial charge on any atom is 0.255 e. The molecule has 8 heteroatoms. The lowest BCUT2D eigenvalue weighted by Crippen LogP contribution is -2.26. The molecule has 1 aliphatic rings. The Labute approximate surface area is 141 Å². The van der Waals surface area contributed by atoms with E-state index >= 15 is 0 Å². The summed E-state index contributed by atoms with van der Waals surface area (Å²) in [5.74, 6) is -0.162. The summed E-state index contributed by atoms with van der Waals surface area (Å²) in [6.07, 6.45) is 1.83. The second-order valence-electron chi connectivity index (χ2n) is 4.90. The summed E-state index contributed by atoms with van der Waals surface area (Å²) in [4.78, 5) is 11.9. The first kappa shape index (κ1) is 15.7. The Bertz CT molecular complexity index is 686. The molecule has 0 unspecified atom stereocenters. The highest BCUT2D eigenvalue weighted by Crippen LogP contribution is 2.26. The Kier molecular flexibility index (Phi) is 4.93. The summed E-state index contributed by atoms with van der Waals surface area (Å²) in [6, 6.07) is 5.33. The maximum absolute atomic E-state index is 11.9. The van der Waals surface area contributed by atoms with Crippen molar-refractivity contribution in [1.82, 2.24) is 10.2 Å². The minimum atomic E-state index is -0.377. The van der Waals surface area contributed by atoms with Crippen LogP contribution in [-0.4, -0.2) is 28.8 Å². The normalized spacial score (nSPS) is 17.6. The van der Waals surface area contributed by atoms with Crippen LogP contribution in [0.3, 0.4) is 0 Å². The molecule has 0 saturated carbocycles. The zero-order valence-electron chi connectivity index (χ0n) is 11.5. The molecule has 2 aromatic rings. The van der Waals surface area contributed by atoms with Gasteiger partial charge in [0, 0.05) is 23.1 Å². The average Bonchev–Trinajstić information content (AvgIpc) is 3.13. The van der Waals surface area contributed by atoms with Crippen LogP contribution in [0.2, 0.25) is 10.0 Å². The van der Waals surface area contributed by atoms with Gasteiger partial charge in [0.2, 0.25) is 5.13 Å². The van der Waals surface area contributed by atoms with Gasteiger partial charge in [0.15, 0.2) is 0 Å². The fourth-order valence-electron chi connectivity index (χ4n) is 2.17. The molecule has 116 valence electrons. The van der Waals surface area contributed by atoms with Crippen LogP contribution in [0.25, 0.3) is 0 Å². The summed E-state index contributed by atoms with van der Waals surface area (Å²) < 4.78 is 5.33. The number of amides is 1. The van der Waals surface area contributed by atoms with Crippen molar-refractivity contribution in [2.24, 2.45) is 0 Å². The van der Waals surface area contributed by atoms with E-state index in [2.05, 4.69) is 15.5 Å². The minimum absolute atomic E-state index is 0.162. The molecular weight excluding hydrogens is 345 g/mol. The topological polar surface area (TPSA) is 64.1 Å². The van der Waals surface area contributed by atoms with E-state index in [4.69, 9.17) is 27.9 Å². The molecule has 1 amide bonds. The van der Waals surface area contributed by atoms with E-state index in [0.717, 1.165) is 23.4 Å². The van der Waals surface area contributed by atoms with Gasteiger partial charge in [-0.3, -0.25) is 10.1 Å². The number of ether oxygens (including phenoxy) is 1. The molecule has 1 aliphatic heterocycles. The van der Waals surface area contributed by atoms with E-state index in [1.165, 1.54) is 11.3 Å². The Morgan fingerprint density at radius 2 is 2.27 bits per heavy atom. The van der Waals surface area contributed by atoms with E-state index < -0.39 is 0 Å². The van der Waals surface area contributed by atoms with E-state index in [-0.39, 0.29) is 12.0 Å². The van der Waals surface area contributed by atoms with Gasteiger partial charge in [-0.05, 0) is 30.5 Å². The first-order valence-corrected chi connectivity index (χ1v) is 8.38. The van der Waals surface area contributed by atoms with Crippen LogP contribution < -0.4 is 5.32 Å². The molecule has 5 nitrogen and oxygen atoms in total. The lowest BCUT2D eigenvalue weighted by molar-refractivity contribution is -0.124. The van der Waals surface area contributed by atoms with Crippen LogP contribution in [-0.2, 0) is 16.0 Å². The first-order valence-electron chi connectivity index (χ1n) is 6.80. The van der Waals surface area contributed by atoms with Gasteiger partial charge in [-0.15, -0.1) is 10.2 Å². The third kappa shape index (κ3) is 3.76. The molecule has 2 heterocycles. The quantitative estimate of drug-likeness (QED) is 0.908. The number of hydrogen-bond donors (Lipinski definition) is 1. The summed E-state index contributed by atoms with van der Waals surface area (Å²) in [7, 11) is 0. The van der Waals surface area contributed by atoms with Crippen molar-refractivity contribution < 1.29 is 9.53 Å². The molecule has 1 aromatic heterocycles. The Morgan fingerprint density at radius 3 is 3.00 bits per heavy atom. The molecule has 1 fully saturated rings. The molecule has 1 aromatic carbocycles. The predicted molar refractivity (Wildman–Crippen MR) is 86.8 cm³/mol. The van der Waals surface area contributed by atoms with Crippen LogP contribution in [0.15, 0.2) is 18.2 Å². The number of nitrogens with one attached hydrogen (secondary N) is 1. The highest BCUT2D eigenvalue weighted by molar-refractivity contribution is 7.15. The first-order chi connectivity index (χ1) is 10.6. The van der Waals surface area contributed by atoms with Crippen LogP contribution in [0.1, 0.15) is 23.4 Å². The fraction of sp³-hybridized carbons (Fsp3) is 0.357.